The van der Waals surface area contributed by atoms with Crippen LogP contribution in [0.3, 0.4) is 0 Å². The van der Waals surface area contributed by atoms with E-state index in [1.165, 1.54) is 0 Å². The molecule has 1 rings (SSSR count). The Morgan fingerprint density at radius 3 is 2.67 bits per heavy atom. The van der Waals surface area contributed by atoms with Crippen molar-refractivity contribution in [3.63, 3.8) is 0 Å². The van der Waals surface area contributed by atoms with E-state index < -0.39 is 0 Å². The number of likely N-dealkylation sites (N-methyl/N-ethyl adjacent to an activating group) is 1. The van der Waals surface area contributed by atoms with Gasteiger partial charge in [0.2, 0.25) is 0 Å². The molecule has 0 aromatic heterocycles. The van der Waals surface area contributed by atoms with Gasteiger partial charge in [-0.1, -0.05) is 25.1 Å². The lowest BCUT2D eigenvalue weighted by Gasteiger charge is -2.25. The van der Waals surface area contributed by atoms with Crippen LogP contribution in [-0.4, -0.2) is 18.8 Å². The monoisotopic (exact) mass is 260 g/mol. The Labute approximate surface area is 114 Å². The Kier molecular flexibility index (Phi) is 5.80. The molecule has 0 saturated heterocycles. The van der Waals surface area contributed by atoms with E-state index in [9.17, 15) is 5.26 Å². The lowest BCUT2D eigenvalue weighted by molar-refractivity contribution is 0.876. The van der Waals surface area contributed by atoms with Gasteiger partial charge in [0.1, 0.15) is 6.07 Å². The molecule has 0 amide bonds. The van der Waals surface area contributed by atoms with Crippen molar-refractivity contribution >= 4 is 17.4 Å². The molecule has 2 nitrogen and oxygen atoms in total. The van der Waals surface area contributed by atoms with Crippen LogP contribution in [0.2, 0.25) is 0 Å². The zero-order valence-corrected chi connectivity index (χ0v) is 12.2. The van der Waals surface area contributed by atoms with Crippen LogP contribution in [0.1, 0.15) is 26.3 Å². The van der Waals surface area contributed by atoms with Crippen LogP contribution in [0.15, 0.2) is 35.2 Å². The van der Waals surface area contributed by atoms with Crippen molar-refractivity contribution in [3.05, 3.63) is 35.9 Å². The first-order chi connectivity index (χ1) is 8.63. The fourth-order valence-corrected chi connectivity index (χ4v) is 2.64. The molecule has 0 fully saturated rings. The molecule has 18 heavy (non-hydrogen) atoms. The molecule has 0 atom stereocenters. The molecule has 0 bridgehead atoms. The van der Waals surface area contributed by atoms with Gasteiger partial charge in [-0.15, -0.1) is 11.8 Å². The van der Waals surface area contributed by atoms with Crippen LogP contribution in [-0.2, 0) is 0 Å². The fourth-order valence-electron chi connectivity index (χ4n) is 1.86. The Balaban J connectivity index is 3.17. The molecule has 0 heterocycles. The van der Waals surface area contributed by atoms with Gasteiger partial charge in [0.15, 0.2) is 0 Å². The van der Waals surface area contributed by atoms with E-state index in [2.05, 4.69) is 31.4 Å². The average molecular weight is 260 g/mol. The summed E-state index contributed by atoms with van der Waals surface area (Å²) >= 11 is 1.72. The third kappa shape index (κ3) is 3.54. The normalized spacial score (nSPS) is 9.89. The smallest absolute Gasteiger partial charge is 0.103 e. The summed E-state index contributed by atoms with van der Waals surface area (Å²) in [5.74, 6) is 0.977. The predicted molar refractivity (Wildman–Crippen MR) is 80.3 cm³/mol. The standard InChI is InChI=1S/C15H20N2S/c1-5-17(11-12(3)4)14-8-7-9-15(18-6-2)13(14)10-16/h7-9H,3,5-6,11H2,1-2,4H3. The minimum Gasteiger partial charge on any atom is -0.367 e. The SMILES string of the molecule is C=C(C)CN(CC)c1cccc(SCC)c1C#N. The van der Waals surface area contributed by atoms with Gasteiger partial charge in [-0.25, -0.2) is 0 Å². The summed E-state index contributed by atoms with van der Waals surface area (Å²) in [6.45, 7) is 11.8. The minimum absolute atomic E-state index is 0.785. The number of benzene rings is 1. The van der Waals surface area contributed by atoms with Gasteiger partial charge >= 0.3 is 0 Å². The van der Waals surface area contributed by atoms with Crippen molar-refractivity contribution in [2.45, 2.75) is 25.7 Å². The quantitative estimate of drug-likeness (QED) is 0.570. The van der Waals surface area contributed by atoms with Crippen LogP contribution >= 0.6 is 11.8 Å². The number of rotatable bonds is 6. The van der Waals surface area contributed by atoms with Gasteiger partial charge in [0.25, 0.3) is 0 Å². The summed E-state index contributed by atoms with van der Waals surface area (Å²) in [7, 11) is 0. The maximum absolute atomic E-state index is 9.39. The third-order valence-electron chi connectivity index (χ3n) is 2.60. The summed E-state index contributed by atoms with van der Waals surface area (Å²) in [5.41, 5.74) is 2.91. The molecule has 0 aliphatic rings. The molecule has 3 heteroatoms. The topological polar surface area (TPSA) is 27.0 Å². The van der Waals surface area contributed by atoms with Crippen molar-refractivity contribution in [3.8, 4) is 6.07 Å². The molecule has 0 N–H and O–H groups in total. The Bertz CT molecular complexity index is 460. The third-order valence-corrected chi connectivity index (χ3v) is 3.54. The predicted octanol–water partition coefficient (Wildman–Crippen LogP) is 4.07. The van der Waals surface area contributed by atoms with Gasteiger partial charge in [-0.05, 0) is 31.7 Å². The maximum atomic E-state index is 9.39. The molecule has 0 aliphatic heterocycles. The van der Waals surface area contributed by atoms with Gasteiger partial charge in [0, 0.05) is 18.0 Å². The second kappa shape index (κ2) is 7.13. The molecular formula is C15H20N2S. The van der Waals surface area contributed by atoms with Crippen LogP contribution in [0.5, 0.6) is 0 Å². The van der Waals surface area contributed by atoms with Gasteiger partial charge < -0.3 is 4.90 Å². The van der Waals surface area contributed by atoms with E-state index in [-0.39, 0.29) is 0 Å². The molecule has 1 aromatic rings. The molecule has 96 valence electrons. The molecule has 1 aromatic carbocycles. The molecule has 0 saturated carbocycles. The zero-order valence-electron chi connectivity index (χ0n) is 11.4. The van der Waals surface area contributed by atoms with Crippen molar-refractivity contribution < 1.29 is 0 Å². The van der Waals surface area contributed by atoms with Crippen molar-refractivity contribution in [1.29, 1.82) is 5.26 Å². The molecule has 0 radical (unpaired) electrons. The minimum atomic E-state index is 0.785. The molecule has 0 spiro atoms. The fraction of sp³-hybridized carbons (Fsp3) is 0.400. The summed E-state index contributed by atoms with van der Waals surface area (Å²) in [4.78, 5) is 3.26. The van der Waals surface area contributed by atoms with Crippen LogP contribution < -0.4 is 4.90 Å². The summed E-state index contributed by atoms with van der Waals surface area (Å²) < 4.78 is 0. The number of nitrogens with zero attached hydrogens (tertiary/aromatic N) is 2. The van der Waals surface area contributed by atoms with E-state index in [1.807, 2.05) is 25.1 Å². The second-order valence-electron chi connectivity index (χ2n) is 4.17. The first-order valence-corrected chi connectivity index (χ1v) is 7.17. The lowest BCUT2D eigenvalue weighted by Crippen LogP contribution is -2.25. The van der Waals surface area contributed by atoms with Crippen molar-refractivity contribution in [2.24, 2.45) is 0 Å². The van der Waals surface area contributed by atoms with Crippen LogP contribution in [0.4, 0.5) is 5.69 Å². The Morgan fingerprint density at radius 2 is 2.17 bits per heavy atom. The largest absolute Gasteiger partial charge is 0.367 e. The van der Waals surface area contributed by atoms with Crippen molar-refractivity contribution in [2.75, 3.05) is 23.7 Å². The number of hydrogen-bond donors (Lipinski definition) is 0. The average Bonchev–Trinajstić information content (AvgIpc) is 2.36. The first kappa shape index (κ1) is 14.7. The highest BCUT2D eigenvalue weighted by molar-refractivity contribution is 7.99. The number of anilines is 1. The van der Waals surface area contributed by atoms with E-state index in [0.29, 0.717) is 0 Å². The van der Waals surface area contributed by atoms with Crippen LogP contribution in [0, 0.1) is 11.3 Å². The molecule has 0 unspecified atom stereocenters. The van der Waals surface area contributed by atoms with E-state index in [0.717, 1.165) is 40.6 Å². The maximum Gasteiger partial charge on any atom is 0.103 e. The zero-order chi connectivity index (χ0) is 13.5. The highest BCUT2D eigenvalue weighted by atomic mass is 32.2. The number of thioether (sulfide) groups is 1. The number of nitriles is 1. The van der Waals surface area contributed by atoms with Crippen molar-refractivity contribution in [1.82, 2.24) is 0 Å². The highest BCUT2D eigenvalue weighted by Gasteiger charge is 2.13. The van der Waals surface area contributed by atoms with Gasteiger partial charge in [-0.2, -0.15) is 5.26 Å². The lowest BCUT2D eigenvalue weighted by atomic mass is 10.1. The summed E-state index contributed by atoms with van der Waals surface area (Å²) in [5, 5.41) is 9.39. The second-order valence-corrected chi connectivity index (χ2v) is 5.47. The number of hydrogen-bond acceptors (Lipinski definition) is 3. The highest BCUT2D eigenvalue weighted by Crippen LogP contribution is 2.30. The molecule has 0 aliphatic carbocycles. The Morgan fingerprint density at radius 1 is 1.44 bits per heavy atom. The first-order valence-electron chi connectivity index (χ1n) is 6.19. The van der Waals surface area contributed by atoms with E-state index in [1.54, 1.807) is 11.8 Å². The van der Waals surface area contributed by atoms with Gasteiger partial charge in [0.05, 0.1) is 11.3 Å². The Hall–Kier alpha value is -1.40. The summed E-state index contributed by atoms with van der Waals surface area (Å²) in [6.07, 6.45) is 0. The molecular weight excluding hydrogens is 240 g/mol. The van der Waals surface area contributed by atoms with Gasteiger partial charge in [-0.3, -0.25) is 0 Å². The summed E-state index contributed by atoms with van der Waals surface area (Å²) in [6, 6.07) is 8.41. The van der Waals surface area contributed by atoms with E-state index in [4.69, 9.17) is 0 Å². The van der Waals surface area contributed by atoms with Crippen LogP contribution in [0.25, 0.3) is 0 Å². The van der Waals surface area contributed by atoms with E-state index >= 15 is 0 Å².